The lowest BCUT2D eigenvalue weighted by Gasteiger charge is -2.07. The first kappa shape index (κ1) is 19.1. The van der Waals surface area contributed by atoms with Gasteiger partial charge >= 0.3 is 0 Å². The van der Waals surface area contributed by atoms with Crippen molar-refractivity contribution in [3.63, 3.8) is 0 Å². The monoisotopic (exact) mass is 381 g/mol. The van der Waals surface area contributed by atoms with E-state index in [0.29, 0.717) is 29.2 Å². The zero-order valence-electron chi connectivity index (χ0n) is 15.5. The zero-order chi connectivity index (χ0) is 19.1. The van der Waals surface area contributed by atoms with Crippen molar-refractivity contribution >= 4 is 17.7 Å². The van der Waals surface area contributed by atoms with E-state index in [0.717, 1.165) is 12.0 Å². The minimum atomic E-state index is -0.0194. The topological polar surface area (TPSA) is 83.6 Å². The van der Waals surface area contributed by atoms with Crippen molar-refractivity contribution < 1.29 is 4.79 Å². The molecule has 2 aromatic heterocycles. The van der Waals surface area contributed by atoms with Gasteiger partial charge in [-0.15, -0.1) is 5.10 Å². The molecule has 0 aliphatic rings. The van der Waals surface area contributed by atoms with E-state index in [1.54, 1.807) is 12.4 Å². The Morgan fingerprint density at radius 3 is 2.59 bits per heavy atom. The Bertz CT molecular complexity index is 862. The van der Waals surface area contributed by atoms with E-state index in [1.807, 2.05) is 12.1 Å². The number of aromatic nitrogens is 4. The minimum absolute atomic E-state index is 0.0194. The molecule has 1 amide bonds. The fourth-order valence-corrected chi connectivity index (χ4v) is 3.17. The van der Waals surface area contributed by atoms with Crippen molar-refractivity contribution in [3.8, 4) is 11.4 Å². The highest BCUT2D eigenvalue weighted by molar-refractivity contribution is 7.99. The Balaban J connectivity index is 1.40. The third-order valence-corrected chi connectivity index (χ3v) is 4.98. The molecule has 3 aromatic rings. The molecule has 0 radical (unpaired) electrons. The SMILES string of the molecule is CC(C)c1ccc(CCNC(=O)CSc2n[nH]c(-c3ccncc3)n2)cc1. The summed E-state index contributed by atoms with van der Waals surface area (Å²) in [5.41, 5.74) is 3.47. The average Bonchev–Trinajstić information content (AvgIpc) is 3.16. The van der Waals surface area contributed by atoms with E-state index in [2.05, 4.69) is 63.6 Å². The normalized spacial score (nSPS) is 10.9. The number of thioether (sulfide) groups is 1. The Morgan fingerprint density at radius 2 is 1.89 bits per heavy atom. The fourth-order valence-electron chi connectivity index (χ4n) is 2.55. The second kappa shape index (κ2) is 9.32. The zero-order valence-corrected chi connectivity index (χ0v) is 16.3. The number of aromatic amines is 1. The first-order valence-corrected chi connectivity index (χ1v) is 9.91. The smallest absolute Gasteiger partial charge is 0.230 e. The Labute approximate surface area is 163 Å². The largest absolute Gasteiger partial charge is 0.355 e. The van der Waals surface area contributed by atoms with Gasteiger partial charge in [-0.1, -0.05) is 49.9 Å². The van der Waals surface area contributed by atoms with Gasteiger partial charge in [0.05, 0.1) is 5.75 Å². The molecule has 0 unspecified atom stereocenters. The van der Waals surface area contributed by atoms with Crippen LogP contribution in [0.15, 0.2) is 53.9 Å². The minimum Gasteiger partial charge on any atom is -0.355 e. The summed E-state index contributed by atoms with van der Waals surface area (Å²) >= 11 is 1.31. The van der Waals surface area contributed by atoms with Crippen molar-refractivity contribution in [2.45, 2.75) is 31.3 Å². The van der Waals surface area contributed by atoms with Crippen molar-refractivity contribution in [2.24, 2.45) is 0 Å². The molecule has 2 heterocycles. The Hall–Kier alpha value is -2.67. The molecule has 3 rings (SSSR count). The van der Waals surface area contributed by atoms with Gasteiger partial charge in [-0.05, 0) is 35.6 Å². The molecular weight excluding hydrogens is 358 g/mol. The van der Waals surface area contributed by atoms with Crippen LogP contribution in [0.4, 0.5) is 0 Å². The van der Waals surface area contributed by atoms with Crippen LogP contribution in [0.2, 0.25) is 0 Å². The summed E-state index contributed by atoms with van der Waals surface area (Å²) in [7, 11) is 0. The number of benzene rings is 1. The molecule has 6 nitrogen and oxygen atoms in total. The first-order valence-electron chi connectivity index (χ1n) is 8.93. The van der Waals surface area contributed by atoms with Crippen LogP contribution in [-0.4, -0.2) is 38.4 Å². The lowest BCUT2D eigenvalue weighted by Crippen LogP contribution is -2.27. The standard InChI is InChI=1S/C20H23N5OS/c1-14(2)16-5-3-15(4-6-16)7-12-22-18(26)13-27-20-23-19(24-25-20)17-8-10-21-11-9-17/h3-6,8-11,14H,7,12-13H2,1-2H3,(H,22,26)(H,23,24,25). The van der Waals surface area contributed by atoms with Crippen molar-refractivity contribution in [2.75, 3.05) is 12.3 Å². The van der Waals surface area contributed by atoms with Gasteiger partial charge in [-0.2, -0.15) is 0 Å². The van der Waals surface area contributed by atoms with Crippen LogP contribution < -0.4 is 5.32 Å². The number of pyridine rings is 1. The lowest BCUT2D eigenvalue weighted by atomic mass is 10.0. The van der Waals surface area contributed by atoms with Gasteiger partial charge in [0, 0.05) is 24.5 Å². The predicted octanol–water partition coefficient (Wildman–Crippen LogP) is 3.44. The molecule has 27 heavy (non-hydrogen) atoms. The molecule has 0 spiro atoms. The van der Waals surface area contributed by atoms with Crippen molar-refractivity contribution in [1.82, 2.24) is 25.5 Å². The molecule has 0 saturated carbocycles. The third-order valence-electron chi connectivity index (χ3n) is 4.13. The van der Waals surface area contributed by atoms with Gasteiger partial charge in [-0.3, -0.25) is 14.9 Å². The number of nitrogens with one attached hydrogen (secondary N) is 2. The first-order chi connectivity index (χ1) is 13.1. The van der Waals surface area contributed by atoms with Gasteiger partial charge < -0.3 is 5.32 Å². The molecule has 7 heteroatoms. The summed E-state index contributed by atoms with van der Waals surface area (Å²) in [6, 6.07) is 12.3. The summed E-state index contributed by atoms with van der Waals surface area (Å²) in [5, 5.41) is 10.5. The van der Waals surface area contributed by atoms with E-state index in [-0.39, 0.29) is 5.91 Å². The van der Waals surface area contributed by atoms with Crippen molar-refractivity contribution in [3.05, 3.63) is 59.9 Å². The van der Waals surface area contributed by atoms with Crippen LogP contribution in [0.5, 0.6) is 0 Å². The van der Waals surface area contributed by atoms with E-state index in [1.165, 1.54) is 22.9 Å². The second-order valence-corrected chi connectivity index (χ2v) is 7.43. The molecular formula is C20H23N5OS. The van der Waals surface area contributed by atoms with Crippen LogP contribution in [0.25, 0.3) is 11.4 Å². The van der Waals surface area contributed by atoms with E-state index >= 15 is 0 Å². The summed E-state index contributed by atoms with van der Waals surface area (Å²) < 4.78 is 0. The molecule has 0 saturated heterocycles. The van der Waals surface area contributed by atoms with E-state index < -0.39 is 0 Å². The number of hydrogen-bond donors (Lipinski definition) is 2. The molecule has 0 fully saturated rings. The van der Waals surface area contributed by atoms with Crippen LogP contribution in [0.3, 0.4) is 0 Å². The second-order valence-electron chi connectivity index (χ2n) is 6.49. The number of carbonyl (C=O) groups is 1. The quantitative estimate of drug-likeness (QED) is 0.584. The Morgan fingerprint density at radius 1 is 1.15 bits per heavy atom. The van der Waals surface area contributed by atoms with Crippen LogP contribution in [0.1, 0.15) is 30.9 Å². The third kappa shape index (κ3) is 5.65. The average molecular weight is 382 g/mol. The number of H-pyrrole nitrogens is 1. The summed E-state index contributed by atoms with van der Waals surface area (Å²) in [6.07, 6.45) is 4.23. The van der Waals surface area contributed by atoms with Gasteiger partial charge in [0.15, 0.2) is 5.82 Å². The van der Waals surface area contributed by atoms with Crippen LogP contribution >= 0.6 is 11.8 Å². The highest BCUT2D eigenvalue weighted by atomic mass is 32.2. The maximum absolute atomic E-state index is 12.0. The fraction of sp³-hybridized carbons (Fsp3) is 0.300. The summed E-state index contributed by atoms with van der Waals surface area (Å²) in [5.74, 6) is 1.48. The summed E-state index contributed by atoms with van der Waals surface area (Å²) in [4.78, 5) is 20.4. The number of hydrogen-bond acceptors (Lipinski definition) is 5. The van der Waals surface area contributed by atoms with Crippen LogP contribution in [-0.2, 0) is 11.2 Å². The van der Waals surface area contributed by atoms with Gasteiger partial charge in [-0.25, -0.2) is 4.98 Å². The molecule has 2 N–H and O–H groups in total. The highest BCUT2D eigenvalue weighted by Gasteiger charge is 2.09. The molecule has 1 aromatic carbocycles. The Kier molecular flexibility index (Phi) is 6.59. The van der Waals surface area contributed by atoms with Crippen molar-refractivity contribution in [1.29, 1.82) is 0 Å². The van der Waals surface area contributed by atoms with Crippen LogP contribution in [0, 0.1) is 0 Å². The lowest BCUT2D eigenvalue weighted by molar-refractivity contribution is -0.118. The molecule has 0 aliphatic carbocycles. The maximum atomic E-state index is 12.0. The molecule has 0 bridgehead atoms. The molecule has 0 atom stereocenters. The van der Waals surface area contributed by atoms with E-state index in [9.17, 15) is 4.79 Å². The van der Waals surface area contributed by atoms with Gasteiger partial charge in [0.2, 0.25) is 11.1 Å². The predicted molar refractivity (Wildman–Crippen MR) is 108 cm³/mol. The number of nitrogens with zero attached hydrogens (tertiary/aromatic N) is 3. The molecule has 140 valence electrons. The summed E-state index contributed by atoms with van der Waals surface area (Å²) in [6.45, 7) is 4.99. The number of rotatable bonds is 8. The maximum Gasteiger partial charge on any atom is 0.230 e. The molecule has 0 aliphatic heterocycles. The highest BCUT2D eigenvalue weighted by Crippen LogP contribution is 2.18. The van der Waals surface area contributed by atoms with Gasteiger partial charge in [0.25, 0.3) is 0 Å². The van der Waals surface area contributed by atoms with Gasteiger partial charge in [0.1, 0.15) is 0 Å². The number of amides is 1. The number of carbonyl (C=O) groups excluding carboxylic acids is 1. The van der Waals surface area contributed by atoms with E-state index in [4.69, 9.17) is 0 Å².